The number of amides is 1. The molecule has 0 bridgehead atoms. The van der Waals surface area contributed by atoms with E-state index in [1.165, 1.54) is 6.33 Å². The fourth-order valence-electron chi connectivity index (χ4n) is 1.50. The molecule has 1 heterocycles. The number of alkyl carbamates (subject to hydrolysis) is 1. The highest BCUT2D eigenvalue weighted by Crippen LogP contribution is 2.07. The Hall–Kier alpha value is -1.69. The van der Waals surface area contributed by atoms with E-state index in [1.54, 1.807) is 6.20 Å². The van der Waals surface area contributed by atoms with Crippen LogP contribution in [-0.2, 0) is 11.2 Å². The van der Waals surface area contributed by atoms with Gasteiger partial charge in [0.05, 0.1) is 0 Å². The van der Waals surface area contributed by atoms with Crippen LogP contribution in [0.25, 0.3) is 0 Å². The zero-order valence-corrected chi connectivity index (χ0v) is 11.9. The number of nitrogens with one attached hydrogen (secondary N) is 1. The lowest BCUT2D eigenvalue weighted by atomic mass is 10.1. The minimum Gasteiger partial charge on any atom is -0.444 e. The average Bonchev–Trinajstić information content (AvgIpc) is 2.27. The fourth-order valence-corrected chi connectivity index (χ4v) is 1.50. The van der Waals surface area contributed by atoms with E-state index in [2.05, 4.69) is 15.3 Å². The molecule has 0 saturated carbocycles. The van der Waals surface area contributed by atoms with Gasteiger partial charge in [0.1, 0.15) is 11.9 Å². The van der Waals surface area contributed by atoms with Crippen molar-refractivity contribution in [3.8, 4) is 0 Å². The second-order valence-electron chi connectivity index (χ2n) is 5.48. The Labute approximate surface area is 113 Å². The van der Waals surface area contributed by atoms with E-state index in [9.17, 15) is 4.79 Å². The minimum atomic E-state index is -0.502. The highest BCUT2D eigenvalue weighted by Gasteiger charge is 2.16. The second-order valence-corrected chi connectivity index (χ2v) is 5.48. The van der Waals surface area contributed by atoms with Gasteiger partial charge in [0, 0.05) is 24.5 Å². The van der Waals surface area contributed by atoms with Gasteiger partial charge in [-0.05, 0) is 39.7 Å². The maximum atomic E-state index is 11.5. The van der Waals surface area contributed by atoms with Gasteiger partial charge in [-0.25, -0.2) is 14.8 Å². The predicted octanol–water partition coefficient (Wildman–Crippen LogP) is 1.18. The van der Waals surface area contributed by atoms with Gasteiger partial charge in [0.25, 0.3) is 0 Å². The largest absolute Gasteiger partial charge is 0.444 e. The number of hydrogen-bond acceptors (Lipinski definition) is 5. The van der Waals surface area contributed by atoms with E-state index in [0.29, 0.717) is 13.0 Å². The Morgan fingerprint density at radius 1 is 1.53 bits per heavy atom. The van der Waals surface area contributed by atoms with Crippen LogP contribution in [0.1, 0.15) is 32.0 Å². The molecule has 1 atom stereocenters. The number of nitrogens with two attached hydrogens (primary N) is 1. The Kier molecular flexibility index (Phi) is 5.23. The Morgan fingerprint density at radius 3 is 2.79 bits per heavy atom. The van der Waals surface area contributed by atoms with Crippen molar-refractivity contribution < 1.29 is 9.53 Å². The number of aromatic nitrogens is 2. The second kappa shape index (κ2) is 6.47. The van der Waals surface area contributed by atoms with Crippen molar-refractivity contribution in [1.82, 2.24) is 15.3 Å². The molecule has 0 radical (unpaired) electrons. The standard InChI is InChI=1S/C13H22N4O2/c1-9-10(6-15-8-17-9)5-11(14)7-16-12(18)19-13(2,3)4/h6,8,11H,5,7,14H2,1-4H3,(H,16,18). The average molecular weight is 266 g/mol. The van der Waals surface area contributed by atoms with E-state index in [-0.39, 0.29) is 6.04 Å². The third-order valence-electron chi connectivity index (χ3n) is 2.40. The van der Waals surface area contributed by atoms with E-state index < -0.39 is 11.7 Å². The number of rotatable bonds is 4. The van der Waals surface area contributed by atoms with Crippen LogP contribution >= 0.6 is 0 Å². The normalized spacial score (nSPS) is 12.9. The van der Waals surface area contributed by atoms with Crippen LogP contribution in [0, 0.1) is 6.92 Å². The molecule has 0 aliphatic rings. The topological polar surface area (TPSA) is 90.1 Å². The highest BCUT2D eigenvalue weighted by molar-refractivity contribution is 5.67. The van der Waals surface area contributed by atoms with Crippen molar-refractivity contribution in [3.05, 3.63) is 23.8 Å². The smallest absolute Gasteiger partial charge is 0.407 e. The van der Waals surface area contributed by atoms with Gasteiger partial charge >= 0.3 is 6.09 Å². The van der Waals surface area contributed by atoms with Gasteiger partial charge in [-0.1, -0.05) is 0 Å². The maximum Gasteiger partial charge on any atom is 0.407 e. The van der Waals surface area contributed by atoms with E-state index in [4.69, 9.17) is 10.5 Å². The molecule has 19 heavy (non-hydrogen) atoms. The Bertz CT molecular complexity index is 429. The summed E-state index contributed by atoms with van der Waals surface area (Å²) in [5, 5.41) is 2.65. The first-order valence-electron chi connectivity index (χ1n) is 6.26. The number of carbonyl (C=O) groups excluding carboxylic acids is 1. The van der Waals surface area contributed by atoms with E-state index >= 15 is 0 Å². The third kappa shape index (κ3) is 6.15. The lowest BCUT2D eigenvalue weighted by Gasteiger charge is -2.20. The Morgan fingerprint density at radius 2 is 2.21 bits per heavy atom. The minimum absolute atomic E-state index is 0.197. The van der Waals surface area contributed by atoms with Gasteiger partial charge in [-0.2, -0.15) is 0 Å². The molecule has 0 aromatic carbocycles. The van der Waals surface area contributed by atoms with Crippen molar-refractivity contribution in [2.45, 2.75) is 45.8 Å². The Balaban J connectivity index is 2.38. The SMILES string of the molecule is Cc1ncncc1CC(N)CNC(=O)OC(C)(C)C. The number of carbonyl (C=O) groups is 1. The summed E-state index contributed by atoms with van der Waals surface area (Å²) < 4.78 is 5.13. The molecular weight excluding hydrogens is 244 g/mol. The molecule has 6 heteroatoms. The molecule has 1 aromatic rings. The first-order valence-corrected chi connectivity index (χ1v) is 6.26. The van der Waals surface area contributed by atoms with Crippen molar-refractivity contribution >= 4 is 6.09 Å². The first-order chi connectivity index (χ1) is 8.78. The fraction of sp³-hybridized carbons (Fsp3) is 0.615. The summed E-state index contributed by atoms with van der Waals surface area (Å²) >= 11 is 0. The van der Waals surface area contributed by atoms with Gasteiger partial charge in [0.15, 0.2) is 0 Å². The van der Waals surface area contributed by atoms with Gasteiger partial charge in [0.2, 0.25) is 0 Å². The molecule has 106 valence electrons. The molecule has 0 saturated heterocycles. The summed E-state index contributed by atoms with van der Waals surface area (Å²) in [6, 6.07) is -0.197. The molecular formula is C13H22N4O2. The summed E-state index contributed by atoms with van der Waals surface area (Å²) in [6.07, 6.45) is 3.41. The molecule has 3 N–H and O–H groups in total. The molecule has 1 aromatic heterocycles. The summed E-state index contributed by atoms with van der Waals surface area (Å²) in [4.78, 5) is 19.5. The number of hydrogen-bond donors (Lipinski definition) is 2. The lowest BCUT2D eigenvalue weighted by molar-refractivity contribution is 0.0524. The van der Waals surface area contributed by atoms with Crippen molar-refractivity contribution in [3.63, 3.8) is 0 Å². The van der Waals surface area contributed by atoms with Crippen LogP contribution in [-0.4, -0.2) is 34.2 Å². The molecule has 1 rings (SSSR count). The van der Waals surface area contributed by atoms with Gasteiger partial charge in [-0.15, -0.1) is 0 Å². The molecule has 1 unspecified atom stereocenters. The third-order valence-corrected chi connectivity index (χ3v) is 2.40. The first kappa shape index (κ1) is 15.4. The maximum absolute atomic E-state index is 11.5. The quantitative estimate of drug-likeness (QED) is 0.854. The van der Waals surface area contributed by atoms with Crippen molar-refractivity contribution in [1.29, 1.82) is 0 Å². The van der Waals surface area contributed by atoms with Crippen LogP contribution in [0.15, 0.2) is 12.5 Å². The molecule has 0 aliphatic heterocycles. The molecule has 0 aliphatic carbocycles. The lowest BCUT2D eigenvalue weighted by Crippen LogP contribution is -2.41. The zero-order valence-electron chi connectivity index (χ0n) is 11.9. The highest BCUT2D eigenvalue weighted by atomic mass is 16.6. The van der Waals surface area contributed by atoms with Gasteiger partial charge in [-0.3, -0.25) is 0 Å². The molecule has 0 spiro atoms. The number of nitrogens with zero attached hydrogens (tertiary/aromatic N) is 2. The van der Waals surface area contributed by atoms with Crippen molar-refractivity contribution in [2.24, 2.45) is 5.73 Å². The van der Waals surface area contributed by atoms with Crippen LogP contribution in [0.3, 0.4) is 0 Å². The van der Waals surface area contributed by atoms with Crippen LogP contribution in [0.5, 0.6) is 0 Å². The summed E-state index contributed by atoms with van der Waals surface area (Å²) in [6.45, 7) is 7.71. The molecule has 6 nitrogen and oxygen atoms in total. The van der Waals surface area contributed by atoms with Gasteiger partial charge < -0.3 is 15.8 Å². The summed E-state index contributed by atoms with van der Waals surface area (Å²) in [7, 11) is 0. The van der Waals surface area contributed by atoms with Crippen LogP contribution in [0.2, 0.25) is 0 Å². The van der Waals surface area contributed by atoms with Crippen LogP contribution < -0.4 is 11.1 Å². The molecule has 0 fully saturated rings. The number of ether oxygens (including phenoxy) is 1. The van der Waals surface area contributed by atoms with Crippen molar-refractivity contribution in [2.75, 3.05) is 6.54 Å². The summed E-state index contributed by atoms with van der Waals surface area (Å²) in [5.41, 5.74) is 7.35. The monoisotopic (exact) mass is 266 g/mol. The molecule has 1 amide bonds. The number of aryl methyl sites for hydroxylation is 1. The van der Waals surface area contributed by atoms with E-state index in [0.717, 1.165) is 11.3 Å². The van der Waals surface area contributed by atoms with E-state index in [1.807, 2.05) is 27.7 Å². The predicted molar refractivity (Wildman–Crippen MR) is 72.7 cm³/mol. The zero-order chi connectivity index (χ0) is 14.5. The van der Waals surface area contributed by atoms with Crippen LogP contribution in [0.4, 0.5) is 4.79 Å². The summed E-state index contributed by atoms with van der Waals surface area (Å²) in [5.74, 6) is 0.